The number of fused-ring (bicyclic) bond motifs is 1. The van der Waals surface area contributed by atoms with Crippen molar-refractivity contribution in [3.63, 3.8) is 0 Å². The molecule has 136 valence electrons. The summed E-state index contributed by atoms with van der Waals surface area (Å²) < 4.78 is 5.29. The summed E-state index contributed by atoms with van der Waals surface area (Å²) in [6.07, 6.45) is 0. The minimum absolute atomic E-state index is 0.316. The van der Waals surface area contributed by atoms with Crippen molar-refractivity contribution in [2.75, 3.05) is 12.3 Å². The molecule has 0 fully saturated rings. The number of aromatic nitrogens is 3. The summed E-state index contributed by atoms with van der Waals surface area (Å²) in [5, 5.41) is 0. The van der Waals surface area contributed by atoms with E-state index in [1.165, 1.54) is 0 Å². The molecule has 0 bridgehead atoms. The van der Waals surface area contributed by atoms with Crippen LogP contribution in [0.15, 0.2) is 48.5 Å². The van der Waals surface area contributed by atoms with Crippen LogP contribution in [0, 0.1) is 6.92 Å². The molecule has 0 aliphatic rings. The minimum atomic E-state index is -0.350. The van der Waals surface area contributed by atoms with E-state index < -0.39 is 0 Å². The van der Waals surface area contributed by atoms with E-state index in [1.54, 1.807) is 6.92 Å². The van der Waals surface area contributed by atoms with Gasteiger partial charge in [0.05, 0.1) is 28.9 Å². The third kappa shape index (κ3) is 2.95. The SMILES string of the molecule is CCOC(=O)c1c(C)[nH]c(-c2nc3ccc(N)cc3[nH]2)c1-c1ccccc1. The van der Waals surface area contributed by atoms with Gasteiger partial charge >= 0.3 is 5.97 Å². The minimum Gasteiger partial charge on any atom is -0.462 e. The normalized spacial score (nSPS) is 11.0. The molecule has 6 heteroatoms. The van der Waals surface area contributed by atoms with Crippen LogP contribution in [-0.4, -0.2) is 27.5 Å². The van der Waals surface area contributed by atoms with Crippen molar-refractivity contribution >= 4 is 22.7 Å². The number of aromatic amines is 2. The number of ether oxygens (including phenoxy) is 1. The number of nitrogens with one attached hydrogen (secondary N) is 2. The summed E-state index contributed by atoms with van der Waals surface area (Å²) in [5.74, 6) is 0.296. The van der Waals surface area contributed by atoms with E-state index in [2.05, 4.69) is 15.0 Å². The molecular formula is C21H20N4O2. The lowest BCUT2D eigenvalue weighted by atomic mass is 10.00. The van der Waals surface area contributed by atoms with E-state index >= 15 is 0 Å². The molecule has 0 atom stereocenters. The maximum absolute atomic E-state index is 12.6. The Balaban J connectivity index is 1.96. The lowest BCUT2D eigenvalue weighted by Crippen LogP contribution is -2.06. The highest BCUT2D eigenvalue weighted by molar-refractivity contribution is 6.03. The van der Waals surface area contributed by atoms with Gasteiger partial charge in [0.15, 0.2) is 5.82 Å². The largest absolute Gasteiger partial charge is 0.462 e. The molecule has 2 aromatic heterocycles. The Hall–Kier alpha value is -3.54. The quantitative estimate of drug-likeness (QED) is 0.373. The first-order valence-corrected chi connectivity index (χ1v) is 8.79. The first-order valence-electron chi connectivity index (χ1n) is 8.79. The number of anilines is 1. The second kappa shape index (κ2) is 6.64. The fourth-order valence-electron chi connectivity index (χ4n) is 3.30. The van der Waals surface area contributed by atoms with Crippen LogP contribution in [0.4, 0.5) is 5.69 Å². The zero-order valence-corrected chi connectivity index (χ0v) is 15.2. The third-order valence-corrected chi connectivity index (χ3v) is 4.47. The molecule has 0 saturated heterocycles. The monoisotopic (exact) mass is 360 g/mol. The Bertz CT molecular complexity index is 1130. The van der Waals surface area contributed by atoms with Crippen LogP contribution >= 0.6 is 0 Å². The molecule has 0 radical (unpaired) electrons. The number of benzene rings is 2. The van der Waals surface area contributed by atoms with E-state index in [1.807, 2.05) is 55.5 Å². The van der Waals surface area contributed by atoms with Crippen LogP contribution in [0.1, 0.15) is 23.0 Å². The molecule has 6 nitrogen and oxygen atoms in total. The highest BCUT2D eigenvalue weighted by Gasteiger charge is 2.25. The lowest BCUT2D eigenvalue weighted by molar-refractivity contribution is 0.0526. The summed E-state index contributed by atoms with van der Waals surface area (Å²) in [6.45, 7) is 3.98. The predicted octanol–water partition coefficient (Wildman–Crippen LogP) is 4.29. The summed E-state index contributed by atoms with van der Waals surface area (Å²) in [7, 11) is 0. The van der Waals surface area contributed by atoms with E-state index in [9.17, 15) is 4.79 Å². The topological polar surface area (TPSA) is 96.8 Å². The fraction of sp³-hybridized carbons (Fsp3) is 0.143. The number of carbonyl (C=O) groups excluding carboxylic acids is 1. The second-order valence-corrected chi connectivity index (χ2v) is 6.32. The predicted molar refractivity (Wildman–Crippen MR) is 106 cm³/mol. The number of hydrogen-bond donors (Lipinski definition) is 3. The van der Waals surface area contributed by atoms with E-state index in [4.69, 9.17) is 10.5 Å². The average Bonchev–Trinajstić information content (AvgIpc) is 3.23. The number of nitrogens with two attached hydrogens (primary N) is 1. The molecule has 4 N–H and O–H groups in total. The Labute approximate surface area is 156 Å². The first-order chi connectivity index (χ1) is 13.1. The lowest BCUT2D eigenvalue weighted by Gasteiger charge is -2.07. The molecule has 27 heavy (non-hydrogen) atoms. The molecule has 4 rings (SSSR count). The Kier molecular flexibility index (Phi) is 4.16. The van der Waals surface area contributed by atoms with Gasteiger partial charge in [-0.05, 0) is 37.6 Å². The van der Waals surface area contributed by atoms with Gasteiger partial charge in [-0.15, -0.1) is 0 Å². The van der Waals surface area contributed by atoms with E-state index in [0.717, 1.165) is 33.5 Å². The van der Waals surface area contributed by atoms with Crippen molar-refractivity contribution in [3.05, 3.63) is 59.8 Å². The van der Waals surface area contributed by atoms with E-state index in [0.29, 0.717) is 23.7 Å². The van der Waals surface area contributed by atoms with Crippen LogP contribution in [0.3, 0.4) is 0 Å². The number of nitrogens with zero attached hydrogens (tertiary/aromatic N) is 1. The maximum atomic E-state index is 12.6. The van der Waals surface area contributed by atoms with E-state index in [-0.39, 0.29) is 5.97 Å². The number of hydrogen-bond acceptors (Lipinski definition) is 4. The zero-order valence-electron chi connectivity index (χ0n) is 15.2. The Morgan fingerprint density at radius 1 is 1.15 bits per heavy atom. The average molecular weight is 360 g/mol. The number of carbonyl (C=O) groups is 1. The van der Waals surface area contributed by atoms with Crippen LogP contribution in [0.5, 0.6) is 0 Å². The van der Waals surface area contributed by atoms with Crippen molar-refractivity contribution < 1.29 is 9.53 Å². The number of aryl methyl sites for hydroxylation is 1. The zero-order chi connectivity index (χ0) is 19.0. The van der Waals surface area contributed by atoms with Gasteiger partial charge in [0.1, 0.15) is 0 Å². The van der Waals surface area contributed by atoms with Crippen LogP contribution in [0.25, 0.3) is 33.7 Å². The van der Waals surface area contributed by atoms with Gasteiger partial charge in [-0.25, -0.2) is 9.78 Å². The number of rotatable bonds is 4. The molecule has 2 heterocycles. The Morgan fingerprint density at radius 3 is 2.67 bits per heavy atom. The highest BCUT2D eigenvalue weighted by atomic mass is 16.5. The molecule has 0 spiro atoms. The molecular weight excluding hydrogens is 340 g/mol. The van der Waals surface area contributed by atoms with Crippen molar-refractivity contribution in [1.29, 1.82) is 0 Å². The van der Waals surface area contributed by atoms with Gasteiger partial charge in [-0.2, -0.15) is 0 Å². The van der Waals surface area contributed by atoms with Crippen molar-refractivity contribution in [3.8, 4) is 22.6 Å². The molecule has 2 aromatic carbocycles. The smallest absolute Gasteiger partial charge is 0.340 e. The van der Waals surface area contributed by atoms with Gasteiger partial charge in [-0.1, -0.05) is 30.3 Å². The highest BCUT2D eigenvalue weighted by Crippen LogP contribution is 2.36. The van der Waals surface area contributed by atoms with Crippen molar-refractivity contribution in [2.24, 2.45) is 0 Å². The number of imidazole rings is 1. The summed E-state index contributed by atoms with van der Waals surface area (Å²) in [4.78, 5) is 23.9. The first kappa shape index (κ1) is 16.9. The summed E-state index contributed by atoms with van der Waals surface area (Å²) in [5.41, 5.74) is 11.9. The Morgan fingerprint density at radius 2 is 1.93 bits per heavy atom. The molecule has 0 aliphatic carbocycles. The number of H-pyrrole nitrogens is 2. The van der Waals surface area contributed by atoms with Gasteiger partial charge in [0.25, 0.3) is 0 Å². The van der Waals surface area contributed by atoms with Crippen LogP contribution < -0.4 is 5.73 Å². The molecule has 0 unspecified atom stereocenters. The molecule has 4 aromatic rings. The van der Waals surface area contributed by atoms with Gasteiger partial charge < -0.3 is 20.4 Å². The van der Waals surface area contributed by atoms with Crippen molar-refractivity contribution in [1.82, 2.24) is 15.0 Å². The van der Waals surface area contributed by atoms with Crippen molar-refractivity contribution in [2.45, 2.75) is 13.8 Å². The molecule has 0 saturated carbocycles. The molecule has 0 aliphatic heterocycles. The van der Waals surface area contributed by atoms with Gasteiger partial charge in [-0.3, -0.25) is 0 Å². The standard InChI is InChI=1S/C21H20N4O2/c1-3-27-21(26)17-12(2)23-19(18(17)13-7-5-4-6-8-13)20-24-15-10-9-14(22)11-16(15)25-20/h4-11,23H,3,22H2,1-2H3,(H,24,25). The molecule has 0 amide bonds. The van der Waals surface area contributed by atoms with Gasteiger partial charge in [0, 0.05) is 16.9 Å². The summed E-state index contributed by atoms with van der Waals surface area (Å²) in [6, 6.07) is 15.3. The second-order valence-electron chi connectivity index (χ2n) is 6.32. The maximum Gasteiger partial charge on any atom is 0.340 e. The summed E-state index contributed by atoms with van der Waals surface area (Å²) >= 11 is 0. The van der Waals surface area contributed by atoms with Crippen LogP contribution in [-0.2, 0) is 4.74 Å². The number of esters is 1. The van der Waals surface area contributed by atoms with Gasteiger partial charge in [0.2, 0.25) is 0 Å². The number of nitrogen functional groups attached to an aromatic ring is 1. The van der Waals surface area contributed by atoms with Crippen LogP contribution in [0.2, 0.25) is 0 Å². The third-order valence-electron chi connectivity index (χ3n) is 4.47. The fourth-order valence-corrected chi connectivity index (χ4v) is 3.30.